The van der Waals surface area contributed by atoms with Crippen LogP contribution in [0.3, 0.4) is 0 Å². The first-order chi connectivity index (χ1) is 14.7. The Morgan fingerprint density at radius 3 is 2.60 bits per heavy atom. The van der Waals surface area contributed by atoms with Gasteiger partial charge in [0.2, 0.25) is 0 Å². The molecule has 4 heterocycles. The minimum atomic E-state index is -0.438. The van der Waals surface area contributed by atoms with E-state index in [0.29, 0.717) is 25.1 Å². The van der Waals surface area contributed by atoms with Crippen LogP contribution < -0.4 is 4.90 Å². The van der Waals surface area contributed by atoms with Crippen molar-refractivity contribution in [2.45, 2.75) is 12.5 Å². The third kappa shape index (κ3) is 3.62. The maximum Gasteiger partial charge on any atom is 0.255 e. The molecular formula is C23H24N4O3. The predicted molar refractivity (Wildman–Crippen MR) is 115 cm³/mol. The fraction of sp³-hybridized carbons (Fsp3) is 0.348. The summed E-state index contributed by atoms with van der Waals surface area (Å²) in [5.41, 5.74) is 4.45. The number of hydrogen-bond donors (Lipinski definition) is 1. The summed E-state index contributed by atoms with van der Waals surface area (Å²) in [5, 5.41) is 10.6. The number of fused-ring (bicyclic) bond motifs is 1. The molecule has 0 spiro atoms. The SMILES string of the molecule is O=C(c1cnc2cncc(-c3ccc(N4CCOCC4)cc3)c2c1)N1CC[C@@H](O)C1. The minimum absolute atomic E-state index is 0.0913. The molecule has 1 aromatic carbocycles. The number of carbonyl (C=O) groups is 1. The number of carbonyl (C=O) groups excluding carboxylic acids is 1. The third-order valence-corrected chi connectivity index (χ3v) is 5.86. The topological polar surface area (TPSA) is 78.8 Å². The first kappa shape index (κ1) is 19.0. The van der Waals surface area contributed by atoms with Crippen LogP contribution in [0.15, 0.2) is 48.9 Å². The Hall–Kier alpha value is -3.03. The molecule has 3 aromatic rings. The number of nitrogens with zero attached hydrogens (tertiary/aromatic N) is 4. The fourth-order valence-corrected chi connectivity index (χ4v) is 4.18. The van der Waals surface area contributed by atoms with Gasteiger partial charge >= 0.3 is 0 Å². The van der Waals surface area contributed by atoms with Gasteiger partial charge in [-0.2, -0.15) is 0 Å². The maximum absolute atomic E-state index is 12.8. The van der Waals surface area contributed by atoms with E-state index in [1.54, 1.807) is 17.3 Å². The Morgan fingerprint density at radius 1 is 1.07 bits per heavy atom. The van der Waals surface area contributed by atoms with Crippen LogP contribution in [0.5, 0.6) is 0 Å². The number of aliphatic hydroxyl groups excluding tert-OH is 1. The molecule has 0 unspecified atom stereocenters. The van der Waals surface area contributed by atoms with Gasteiger partial charge in [0.05, 0.1) is 36.6 Å². The molecule has 2 aromatic heterocycles. The Bertz CT molecular complexity index is 1060. The minimum Gasteiger partial charge on any atom is -0.391 e. The Balaban J connectivity index is 1.47. The van der Waals surface area contributed by atoms with Crippen LogP contribution in [-0.4, -0.2) is 71.4 Å². The number of ether oxygens (including phenoxy) is 1. The van der Waals surface area contributed by atoms with E-state index in [4.69, 9.17) is 4.74 Å². The number of anilines is 1. The molecule has 2 aliphatic rings. The predicted octanol–water partition coefficient (Wildman–Crippen LogP) is 2.34. The molecule has 2 fully saturated rings. The molecular weight excluding hydrogens is 380 g/mol. The smallest absolute Gasteiger partial charge is 0.255 e. The van der Waals surface area contributed by atoms with Crippen LogP contribution in [0.2, 0.25) is 0 Å². The van der Waals surface area contributed by atoms with Crippen molar-refractivity contribution in [2.75, 3.05) is 44.3 Å². The number of rotatable bonds is 3. The van der Waals surface area contributed by atoms with Crippen molar-refractivity contribution in [3.05, 3.63) is 54.5 Å². The van der Waals surface area contributed by atoms with Crippen molar-refractivity contribution in [3.63, 3.8) is 0 Å². The normalized spacial score (nSPS) is 19.4. The van der Waals surface area contributed by atoms with E-state index in [1.807, 2.05) is 12.3 Å². The van der Waals surface area contributed by atoms with E-state index in [9.17, 15) is 9.90 Å². The van der Waals surface area contributed by atoms with Crippen LogP contribution in [0.25, 0.3) is 22.0 Å². The van der Waals surface area contributed by atoms with Crippen LogP contribution in [-0.2, 0) is 4.74 Å². The van der Waals surface area contributed by atoms with E-state index >= 15 is 0 Å². The monoisotopic (exact) mass is 404 g/mol. The lowest BCUT2D eigenvalue weighted by Gasteiger charge is -2.29. The summed E-state index contributed by atoms with van der Waals surface area (Å²) in [5.74, 6) is -0.0913. The number of morpholine rings is 1. The zero-order valence-electron chi connectivity index (χ0n) is 16.7. The largest absolute Gasteiger partial charge is 0.391 e. The van der Waals surface area contributed by atoms with Crippen molar-refractivity contribution in [1.82, 2.24) is 14.9 Å². The van der Waals surface area contributed by atoms with E-state index in [-0.39, 0.29) is 5.91 Å². The molecule has 1 atom stereocenters. The number of amides is 1. The zero-order valence-corrected chi connectivity index (χ0v) is 16.7. The second-order valence-electron chi connectivity index (χ2n) is 7.82. The van der Waals surface area contributed by atoms with Gasteiger partial charge in [-0.15, -0.1) is 0 Å². The number of likely N-dealkylation sites (tertiary alicyclic amines) is 1. The third-order valence-electron chi connectivity index (χ3n) is 5.86. The molecule has 30 heavy (non-hydrogen) atoms. The molecule has 0 bridgehead atoms. The first-order valence-electron chi connectivity index (χ1n) is 10.3. The van der Waals surface area contributed by atoms with E-state index in [2.05, 4.69) is 39.1 Å². The quantitative estimate of drug-likeness (QED) is 0.722. The second-order valence-corrected chi connectivity index (χ2v) is 7.82. The summed E-state index contributed by atoms with van der Waals surface area (Å²) in [7, 11) is 0. The van der Waals surface area contributed by atoms with Gasteiger partial charge in [-0.25, -0.2) is 0 Å². The van der Waals surface area contributed by atoms with Gasteiger partial charge in [0, 0.05) is 55.2 Å². The Kier molecular flexibility index (Phi) is 5.06. The molecule has 0 radical (unpaired) electrons. The van der Waals surface area contributed by atoms with Gasteiger partial charge in [0.1, 0.15) is 0 Å². The van der Waals surface area contributed by atoms with Crippen LogP contribution in [0, 0.1) is 0 Å². The lowest BCUT2D eigenvalue weighted by Crippen LogP contribution is -2.36. The van der Waals surface area contributed by atoms with Crippen molar-refractivity contribution in [2.24, 2.45) is 0 Å². The average molecular weight is 404 g/mol. The van der Waals surface area contributed by atoms with Gasteiger partial charge in [-0.1, -0.05) is 12.1 Å². The number of aliphatic hydroxyl groups is 1. The number of benzene rings is 1. The van der Waals surface area contributed by atoms with Crippen molar-refractivity contribution < 1.29 is 14.6 Å². The summed E-state index contributed by atoms with van der Waals surface area (Å²) in [6, 6.07) is 10.3. The highest BCUT2D eigenvalue weighted by atomic mass is 16.5. The number of aromatic nitrogens is 2. The average Bonchev–Trinajstić information content (AvgIpc) is 3.25. The second kappa shape index (κ2) is 8.01. The zero-order chi connectivity index (χ0) is 20.5. The summed E-state index contributed by atoms with van der Waals surface area (Å²) >= 11 is 0. The van der Waals surface area contributed by atoms with Gasteiger partial charge in [0.25, 0.3) is 5.91 Å². The molecule has 5 rings (SSSR count). The Labute approximate surface area is 174 Å². The summed E-state index contributed by atoms with van der Waals surface area (Å²) < 4.78 is 5.43. The van der Waals surface area contributed by atoms with Crippen LogP contribution >= 0.6 is 0 Å². The maximum atomic E-state index is 12.8. The molecule has 1 amide bonds. The molecule has 1 N–H and O–H groups in total. The summed E-state index contributed by atoms with van der Waals surface area (Å²) in [6.07, 6.45) is 5.32. The highest BCUT2D eigenvalue weighted by Crippen LogP contribution is 2.30. The highest BCUT2D eigenvalue weighted by Gasteiger charge is 2.26. The summed E-state index contributed by atoms with van der Waals surface area (Å²) in [6.45, 7) is 4.26. The van der Waals surface area contributed by atoms with E-state index in [0.717, 1.165) is 48.3 Å². The Morgan fingerprint density at radius 2 is 1.87 bits per heavy atom. The van der Waals surface area contributed by atoms with E-state index in [1.165, 1.54) is 5.69 Å². The van der Waals surface area contributed by atoms with Gasteiger partial charge in [-0.05, 0) is 30.2 Å². The van der Waals surface area contributed by atoms with Crippen LogP contribution in [0.1, 0.15) is 16.8 Å². The van der Waals surface area contributed by atoms with Crippen molar-refractivity contribution in [3.8, 4) is 11.1 Å². The number of hydrogen-bond acceptors (Lipinski definition) is 6. The van der Waals surface area contributed by atoms with Gasteiger partial charge in [0.15, 0.2) is 0 Å². The fourth-order valence-electron chi connectivity index (χ4n) is 4.18. The number of β-amino-alcohol motifs (C(OH)–C–C–N with tert-alkyl or cyclic N) is 1. The molecule has 2 aliphatic heterocycles. The van der Waals surface area contributed by atoms with Crippen molar-refractivity contribution in [1.29, 1.82) is 0 Å². The molecule has 2 saturated heterocycles. The van der Waals surface area contributed by atoms with Gasteiger partial charge in [-0.3, -0.25) is 14.8 Å². The summed E-state index contributed by atoms with van der Waals surface area (Å²) in [4.78, 5) is 25.7. The molecule has 154 valence electrons. The van der Waals surface area contributed by atoms with Crippen LogP contribution in [0.4, 0.5) is 5.69 Å². The molecule has 7 nitrogen and oxygen atoms in total. The lowest BCUT2D eigenvalue weighted by atomic mass is 10.0. The highest BCUT2D eigenvalue weighted by molar-refractivity contribution is 6.01. The molecule has 0 aliphatic carbocycles. The molecule has 7 heteroatoms. The van der Waals surface area contributed by atoms with E-state index < -0.39 is 6.10 Å². The van der Waals surface area contributed by atoms with Gasteiger partial charge < -0.3 is 19.6 Å². The lowest BCUT2D eigenvalue weighted by molar-refractivity contribution is 0.0764. The first-order valence-corrected chi connectivity index (χ1v) is 10.3. The molecule has 0 saturated carbocycles. The standard InChI is InChI=1S/C23H24N4O3/c28-19-5-6-27(15-19)23(29)17-11-20-21(13-24-14-22(20)25-12-17)16-1-3-18(4-2-16)26-7-9-30-10-8-26/h1-4,11-14,19,28H,5-10,15H2/t19-/m1/s1. The van der Waals surface area contributed by atoms with Crippen molar-refractivity contribution >= 4 is 22.5 Å². The number of pyridine rings is 2.